The van der Waals surface area contributed by atoms with Gasteiger partial charge in [-0.3, -0.25) is 15.0 Å². The third-order valence-electron chi connectivity index (χ3n) is 4.47. The molecule has 1 atom stereocenters. The highest BCUT2D eigenvalue weighted by Crippen LogP contribution is 2.32. The summed E-state index contributed by atoms with van der Waals surface area (Å²) in [6.07, 6.45) is 2.79. The molecule has 1 heterocycles. The minimum absolute atomic E-state index is 0.137. The highest BCUT2D eigenvalue weighted by atomic mass is 35.5. The number of carbonyl (C=O) groups is 2. The van der Waals surface area contributed by atoms with E-state index >= 15 is 0 Å². The molecule has 3 rings (SSSR count). The summed E-state index contributed by atoms with van der Waals surface area (Å²) < 4.78 is 6.02. The molecular formula is C22H21ClN2O3S2. The summed E-state index contributed by atoms with van der Waals surface area (Å²) in [5, 5.41) is 1.39. The van der Waals surface area contributed by atoms with Crippen molar-refractivity contribution in [3.63, 3.8) is 0 Å². The number of carbonyl (C=O) groups excluding carboxylic acids is 2. The zero-order valence-electron chi connectivity index (χ0n) is 16.8. The molecule has 5 nitrogen and oxygen atoms in total. The fourth-order valence-electron chi connectivity index (χ4n) is 2.64. The third kappa shape index (κ3) is 5.22. The van der Waals surface area contributed by atoms with Crippen molar-refractivity contribution in [1.29, 1.82) is 0 Å². The summed E-state index contributed by atoms with van der Waals surface area (Å²) >= 11 is 12.6. The highest BCUT2D eigenvalue weighted by Gasteiger charge is 2.34. The van der Waals surface area contributed by atoms with Crippen LogP contribution in [0.1, 0.15) is 41.8 Å². The van der Waals surface area contributed by atoms with Gasteiger partial charge in [-0.05, 0) is 74.0 Å². The predicted octanol–water partition coefficient (Wildman–Crippen LogP) is 5.37. The average molecular weight is 461 g/mol. The van der Waals surface area contributed by atoms with Gasteiger partial charge in [0.1, 0.15) is 5.75 Å². The maximum absolute atomic E-state index is 12.8. The molecule has 30 heavy (non-hydrogen) atoms. The molecule has 2 aromatic rings. The van der Waals surface area contributed by atoms with Crippen LogP contribution in [0.5, 0.6) is 5.75 Å². The molecule has 1 aliphatic rings. The Morgan fingerprint density at radius 2 is 2.00 bits per heavy atom. The Bertz CT molecular complexity index is 1020. The molecule has 2 aromatic carbocycles. The molecule has 0 spiro atoms. The van der Waals surface area contributed by atoms with Gasteiger partial charge >= 0.3 is 0 Å². The lowest BCUT2D eigenvalue weighted by molar-refractivity contribution is -0.123. The van der Waals surface area contributed by atoms with Crippen LogP contribution >= 0.6 is 35.6 Å². The zero-order valence-corrected chi connectivity index (χ0v) is 19.2. The fourth-order valence-corrected chi connectivity index (χ4v) is 4.14. The van der Waals surface area contributed by atoms with E-state index in [0.717, 1.165) is 40.1 Å². The van der Waals surface area contributed by atoms with E-state index in [0.29, 0.717) is 9.93 Å². The summed E-state index contributed by atoms with van der Waals surface area (Å²) in [6.45, 7) is 5.95. The third-order valence-corrected chi connectivity index (χ3v) is 6.08. The van der Waals surface area contributed by atoms with E-state index in [1.165, 1.54) is 0 Å². The van der Waals surface area contributed by atoms with Gasteiger partial charge in [-0.25, -0.2) is 0 Å². The van der Waals surface area contributed by atoms with Crippen molar-refractivity contribution in [3.05, 3.63) is 69.1 Å². The van der Waals surface area contributed by atoms with Gasteiger partial charge in [0, 0.05) is 0 Å². The van der Waals surface area contributed by atoms with Gasteiger partial charge in [0.2, 0.25) is 0 Å². The van der Waals surface area contributed by atoms with Crippen LogP contribution in [0, 0.1) is 6.92 Å². The normalized spacial score (nSPS) is 16.1. The monoisotopic (exact) mass is 460 g/mol. The molecule has 0 bridgehead atoms. The number of amides is 2. The largest absolute Gasteiger partial charge is 0.491 e. The summed E-state index contributed by atoms with van der Waals surface area (Å²) in [7, 11) is 0. The summed E-state index contributed by atoms with van der Waals surface area (Å²) in [5.41, 5.74) is 4.59. The second kappa shape index (κ2) is 9.64. The van der Waals surface area contributed by atoms with Crippen LogP contribution in [0.25, 0.3) is 6.08 Å². The lowest BCUT2D eigenvalue weighted by Crippen LogP contribution is -2.44. The quantitative estimate of drug-likeness (QED) is 0.463. The summed E-state index contributed by atoms with van der Waals surface area (Å²) in [5.74, 6) is -0.109. The number of rotatable bonds is 6. The number of nitrogens with zero attached hydrogens (tertiary/aromatic N) is 1. The first kappa shape index (κ1) is 22.3. The molecule has 1 saturated heterocycles. The van der Waals surface area contributed by atoms with Crippen LogP contribution < -0.4 is 10.2 Å². The van der Waals surface area contributed by atoms with E-state index in [-0.39, 0.29) is 21.9 Å². The number of benzene rings is 2. The first-order valence-electron chi connectivity index (χ1n) is 9.40. The molecule has 2 amide bonds. The molecule has 1 fully saturated rings. The smallest absolute Gasteiger partial charge is 0.285 e. The second-order valence-corrected chi connectivity index (χ2v) is 8.93. The first-order valence-corrected chi connectivity index (χ1v) is 11.0. The molecule has 8 heteroatoms. The lowest BCUT2D eigenvalue weighted by atomic mass is 10.1. The van der Waals surface area contributed by atoms with Crippen LogP contribution in [0.4, 0.5) is 0 Å². The summed E-state index contributed by atoms with van der Waals surface area (Å²) in [4.78, 5) is 25.7. The molecule has 1 aliphatic heterocycles. The van der Waals surface area contributed by atoms with E-state index in [4.69, 9.17) is 28.6 Å². The van der Waals surface area contributed by atoms with Gasteiger partial charge in [-0.15, -0.1) is 0 Å². The van der Waals surface area contributed by atoms with Crippen LogP contribution in [0.15, 0.2) is 47.4 Å². The number of hydrogen-bond donors (Lipinski definition) is 1. The molecule has 156 valence electrons. The highest BCUT2D eigenvalue weighted by molar-refractivity contribution is 8.26. The van der Waals surface area contributed by atoms with Crippen molar-refractivity contribution >= 4 is 57.8 Å². The summed E-state index contributed by atoms with van der Waals surface area (Å²) in [6, 6.07) is 12.5. The SMILES string of the molecule is CC[C@H](C)Oc1ccc(/C=C2\SC(=S)N(NC(=O)c3ccc(C)cc3Cl)C2=O)cc1. The molecule has 1 N–H and O–H groups in total. The maximum atomic E-state index is 12.8. The second-order valence-electron chi connectivity index (χ2n) is 6.85. The van der Waals surface area contributed by atoms with Gasteiger partial charge in [-0.1, -0.05) is 48.5 Å². The molecule has 0 aliphatic carbocycles. The van der Waals surface area contributed by atoms with E-state index in [1.54, 1.807) is 24.3 Å². The van der Waals surface area contributed by atoms with Crippen LogP contribution in [-0.2, 0) is 4.79 Å². The van der Waals surface area contributed by atoms with Crippen LogP contribution in [-0.4, -0.2) is 27.2 Å². The maximum Gasteiger partial charge on any atom is 0.285 e. The molecule has 0 saturated carbocycles. The van der Waals surface area contributed by atoms with E-state index < -0.39 is 5.91 Å². The Hall–Kier alpha value is -2.35. The number of ether oxygens (including phenoxy) is 1. The van der Waals surface area contributed by atoms with Crippen molar-refractivity contribution < 1.29 is 14.3 Å². The zero-order chi connectivity index (χ0) is 21.8. The van der Waals surface area contributed by atoms with E-state index in [9.17, 15) is 9.59 Å². The van der Waals surface area contributed by atoms with Crippen LogP contribution in [0.2, 0.25) is 5.02 Å². The Kier molecular flexibility index (Phi) is 7.18. The van der Waals surface area contributed by atoms with Gasteiger partial charge in [-0.2, -0.15) is 5.01 Å². The van der Waals surface area contributed by atoms with Gasteiger partial charge in [0.25, 0.3) is 11.8 Å². The van der Waals surface area contributed by atoms with Crippen molar-refractivity contribution in [2.24, 2.45) is 0 Å². The fraction of sp³-hybridized carbons (Fsp3) is 0.227. The Morgan fingerprint density at radius 3 is 2.63 bits per heavy atom. The van der Waals surface area contributed by atoms with Crippen molar-refractivity contribution in [2.45, 2.75) is 33.3 Å². The lowest BCUT2D eigenvalue weighted by Gasteiger charge is -2.16. The van der Waals surface area contributed by atoms with E-state index in [2.05, 4.69) is 12.3 Å². The molecule has 0 radical (unpaired) electrons. The van der Waals surface area contributed by atoms with Gasteiger partial charge < -0.3 is 4.74 Å². The average Bonchev–Trinajstić information content (AvgIpc) is 2.96. The number of nitrogens with one attached hydrogen (secondary N) is 1. The topological polar surface area (TPSA) is 58.6 Å². The number of thioether (sulfide) groups is 1. The van der Waals surface area contributed by atoms with Crippen molar-refractivity contribution in [3.8, 4) is 5.75 Å². The Balaban J connectivity index is 1.71. The Labute approximate surface area is 190 Å². The van der Waals surface area contributed by atoms with Crippen molar-refractivity contribution in [2.75, 3.05) is 0 Å². The first-order chi connectivity index (χ1) is 14.3. The van der Waals surface area contributed by atoms with Crippen LogP contribution in [0.3, 0.4) is 0 Å². The molecule has 0 aromatic heterocycles. The number of thiocarbonyl (C=S) groups is 1. The standard InChI is InChI=1S/C22H21ClN2O3S2/c1-4-14(3)28-16-8-6-15(7-9-16)12-19-21(27)25(22(29)30-19)24-20(26)17-10-5-13(2)11-18(17)23/h5-12,14H,4H2,1-3H3,(H,24,26)/b19-12-/t14-/m0/s1. The Morgan fingerprint density at radius 1 is 1.30 bits per heavy atom. The predicted molar refractivity (Wildman–Crippen MR) is 125 cm³/mol. The van der Waals surface area contributed by atoms with Crippen molar-refractivity contribution in [1.82, 2.24) is 10.4 Å². The number of hydrogen-bond acceptors (Lipinski definition) is 5. The molecule has 0 unspecified atom stereocenters. The van der Waals surface area contributed by atoms with E-state index in [1.807, 2.05) is 38.1 Å². The van der Waals surface area contributed by atoms with Gasteiger partial charge in [0.15, 0.2) is 4.32 Å². The number of aryl methyl sites for hydroxylation is 1. The van der Waals surface area contributed by atoms with Gasteiger partial charge in [0.05, 0.1) is 21.6 Å². The number of halogens is 1. The minimum atomic E-state index is -0.496. The minimum Gasteiger partial charge on any atom is -0.491 e. The number of hydrazine groups is 1. The molecular weight excluding hydrogens is 440 g/mol.